The highest BCUT2D eigenvalue weighted by Crippen LogP contribution is 2.29. The first-order valence-corrected chi connectivity index (χ1v) is 6.79. The highest BCUT2D eigenvalue weighted by Gasteiger charge is 2.18. The van der Waals surface area contributed by atoms with Crippen LogP contribution in [0.15, 0.2) is 40.9 Å². The van der Waals surface area contributed by atoms with E-state index in [0.29, 0.717) is 9.50 Å². The Bertz CT molecular complexity index is 736. The van der Waals surface area contributed by atoms with Crippen molar-refractivity contribution >= 4 is 44.8 Å². The van der Waals surface area contributed by atoms with Crippen molar-refractivity contribution in [2.75, 3.05) is 5.32 Å². The molecular formula is C13H8BrClN2O4. The van der Waals surface area contributed by atoms with Crippen LogP contribution in [0, 0.1) is 10.1 Å². The molecule has 0 aliphatic heterocycles. The first kappa shape index (κ1) is 15.3. The average molecular weight is 372 g/mol. The molecule has 21 heavy (non-hydrogen) atoms. The van der Waals surface area contributed by atoms with Crippen molar-refractivity contribution in [2.24, 2.45) is 0 Å². The molecule has 0 aromatic heterocycles. The summed E-state index contributed by atoms with van der Waals surface area (Å²) in [6, 6.07) is 8.10. The molecule has 2 rings (SSSR count). The Morgan fingerprint density at radius 2 is 2.00 bits per heavy atom. The van der Waals surface area contributed by atoms with Gasteiger partial charge in [-0.1, -0.05) is 11.6 Å². The minimum Gasteiger partial charge on any atom is -0.508 e. The summed E-state index contributed by atoms with van der Waals surface area (Å²) in [7, 11) is 0. The van der Waals surface area contributed by atoms with Crippen LogP contribution >= 0.6 is 27.5 Å². The lowest BCUT2D eigenvalue weighted by Gasteiger charge is -2.08. The van der Waals surface area contributed by atoms with Gasteiger partial charge in [0.05, 0.1) is 16.6 Å². The Balaban J connectivity index is 2.36. The molecule has 0 heterocycles. The zero-order chi connectivity index (χ0) is 15.6. The highest BCUT2D eigenvalue weighted by atomic mass is 79.9. The lowest BCUT2D eigenvalue weighted by atomic mass is 10.2. The Kier molecular flexibility index (Phi) is 4.44. The summed E-state index contributed by atoms with van der Waals surface area (Å²) in [6.07, 6.45) is 0. The van der Waals surface area contributed by atoms with Crippen molar-refractivity contribution in [1.29, 1.82) is 0 Å². The number of phenolic OH excluding ortho intramolecular Hbond substituents is 1. The van der Waals surface area contributed by atoms with Crippen LogP contribution in [-0.2, 0) is 0 Å². The van der Waals surface area contributed by atoms with Crippen LogP contribution in [0.25, 0.3) is 0 Å². The Hall–Kier alpha value is -2.12. The number of nitro groups is 1. The van der Waals surface area contributed by atoms with Gasteiger partial charge in [-0.25, -0.2) is 0 Å². The molecule has 2 aromatic carbocycles. The van der Waals surface area contributed by atoms with Gasteiger partial charge in [-0.2, -0.15) is 0 Å². The third-order valence-electron chi connectivity index (χ3n) is 2.60. The topological polar surface area (TPSA) is 92.5 Å². The summed E-state index contributed by atoms with van der Waals surface area (Å²) >= 11 is 9.03. The number of nitro benzene ring substituents is 1. The van der Waals surface area contributed by atoms with E-state index in [9.17, 15) is 20.0 Å². The summed E-state index contributed by atoms with van der Waals surface area (Å²) in [5.74, 6) is -0.818. The van der Waals surface area contributed by atoms with Crippen LogP contribution in [0.5, 0.6) is 5.75 Å². The predicted molar refractivity (Wildman–Crippen MR) is 81.9 cm³/mol. The van der Waals surface area contributed by atoms with E-state index in [1.807, 2.05) is 0 Å². The fourth-order valence-corrected chi connectivity index (χ4v) is 2.24. The molecule has 0 aliphatic carbocycles. The zero-order valence-corrected chi connectivity index (χ0v) is 12.7. The van der Waals surface area contributed by atoms with Gasteiger partial charge in [-0.3, -0.25) is 14.9 Å². The van der Waals surface area contributed by atoms with Crippen molar-refractivity contribution < 1.29 is 14.8 Å². The van der Waals surface area contributed by atoms with Crippen LogP contribution in [0.1, 0.15) is 10.4 Å². The van der Waals surface area contributed by atoms with Crippen LogP contribution in [0.2, 0.25) is 5.02 Å². The maximum absolute atomic E-state index is 12.2. The summed E-state index contributed by atoms with van der Waals surface area (Å²) in [5.41, 5.74) is -0.180. The van der Waals surface area contributed by atoms with Crippen molar-refractivity contribution in [1.82, 2.24) is 0 Å². The first-order chi connectivity index (χ1) is 9.88. The van der Waals surface area contributed by atoms with Gasteiger partial charge in [0.2, 0.25) is 0 Å². The van der Waals surface area contributed by atoms with Gasteiger partial charge in [0, 0.05) is 9.50 Å². The van der Waals surface area contributed by atoms with E-state index in [1.54, 1.807) is 12.1 Å². The van der Waals surface area contributed by atoms with E-state index < -0.39 is 16.5 Å². The normalized spacial score (nSPS) is 10.2. The fourth-order valence-electron chi connectivity index (χ4n) is 1.64. The van der Waals surface area contributed by atoms with E-state index in [1.165, 1.54) is 18.2 Å². The zero-order valence-electron chi connectivity index (χ0n) is 10.3. The molecule has 0 atom stereocenters. The van der Waals surface area contributed by atoms with Gasteiger partial charge in [-0.15, -0.1) is 0 Å². The molecule has 2 N–H and O–H groups in total. The molecule has 0 fully saturated rings. The number of nitrogens with zero attached hydrogens (tertiary/aromatic N) is 1. The molecule has 0 saturated carbocycles. The Morgan fingerprint density at radius 3 is 2.67 bits per heavy atom. The van der Waals surface area contributed by atoms with Crippen LogP contribution in [0.3, 0.4) is 0 Å². The summed E-state index contributed by atoms with van der Waals surface area (Å²) in [4.78, 5) is 22.4. The Labute approximate surface area is 132 Å². The highest BCUT2D eigenvalue weighted by molar-refractivity contribution is 9.10. The molecule has 1 amide bonds. The van der Waals surface area contributed by atoms with Gasteiger partial charge in [0.25, 0.3) is 11.6 Å². The lowest BCUT2D eigenvalue weighted by molar-refractivity contribution is -0.384. The number of carbonyl (C=O) groups is 1. The molecule has 8 heteroatoms. The minimum absolute atomic E-state index is 0.0188. The van der Waals surface area contributed by atoms with Gasteiger partial charge < -0.3 is 10.4 Å². The SMILES string of the molecule is O=C(Nc1ccc(O)cc1[N+](=O)[O-])c1cc(Cl)ccc1Br. The molecule has 108 valence electrons. The van der Waals surface area contributed by atoms with E-state index in [4.69, 9.17) is 11.6 Å². The number of phenols is 1. The number of amides is 1. The summed E-state index contributed by atoms with van der Waals surface area (Å²) in [5, 5.41) is 23.0. The van der Waals surface area contributed by atoms with Gasteiger partial charge in [0.1, 0.15) is 11.4 Å². The van der Waals surface area contributed by atoms with E-state index >= 15 is 0 Å². The van der Waals surface area contributed by atoms with Gasteiger partial charge in [0.15, 0.2) is 0 Å². The molecule has 0 bridgehead atoms. The minimum atomic E-state index is -0.692. The smallest absolute Gasteiger partial charge is 0.296 e. The second-order valence-corrected chi connectivity index (χ2v) is 5.33. The number of hydrogen-bond acceptors (Lipinski definition) is 4. The Morgan fingerprint density at radius 1 is 1.29 bits per heavy atom. The quantitative estimate of drug-likeness (QED) is 0.485. The molecule has 0 radical (unpaired) electrons. The number of rotatable bonds is 3. The molecule has 0 spiro atoms. The number of benzene rings is 2. The van der Waals surface area contributed by atoms with Crippen LogP contribution < -0.4 is 5.32 Å². The van der Waals surface area contributed by atoms with Crippen molar-refractivity contribution in [3.8, 4) is 5.75 Å². The molecular weight excluding hydrogens is 364 g/mol. The van der Waals surface area contributed by atoms with E-state index in [-0.39, 0.29) is 17.0 Å². The lowest BCUT2D eigenvalue weighted by Crippen LogP contribution is -2.13. The number of anilines is 1. The van der Waals surface area contributed by atoms with Crippen LogP contribution in [0.4, 0.5) is 11.4 Å². The predicted octanol–water partition coefficient (Wildman–Crippen LogP) is 3.97. The van der Waals surface area contributed by atoms with Crippen molar-refractivity contribution in [3.63, 3.8) is 0 Å². The van der Waals surface area contributed by atoms with Crippen LogP contribution in [-0.4, -0.2) is 15.9 Å². The second-order valence-electron chi connectivity index (χ2n) is 4.04. The van der Waals surface area contributed by atoms with E-state index in [0.717, 1.165) is 6.07 Å². The van der Waals surface area contributed by atoms with Crippen molar-refractivity contribution in [2.45, 2.75) is 0 Å². The number of hydrogen-bond donors (Lipinski definition) is 2. The summed E-state index contributed by atoms with van der Waals surface area (Å²) < 4.78 is 0.505. The molecule has 0 aliphatic rings. The van der Waals surface area contributed by atoms with Gasteiger partial charge >= 0.3 is 0 Å². The molecule has 2 aromatic rings. The number of aromatic hydroxyl groups is 1. The fraction of sp³-hybridized carbons (Fsp3) is 0. The second kappa shape index (κ2) is 6.11. The van der Waals surface area contributed by atoms with Crippen molar-refractivity contribution in [3.05, 3.63) is 61.6 Å². The van der Waals surface area contributed by atoms with Gasteiger partial charge in [-0.05, 0) is 46.3 Å². The number of nitrogens with one attached hydrogen (secondary N) is 1. The first-order valence-electron chi connectivity index (χ1n) is 5.62. The third-order valence-corrected chi connectivity index (χ3v) is 3.53. The summed E-state index contributed by atoms with van der Waals surface area (Å²) in [6.45, 7) is 0. The average Bonchev–Trinajstić information content (AvgIpc) is 2.43. The van der Waals surface area contributed by atoms with E-state index in [2.05, 4.69) is 21.2 Å². The maximum atomic E-state index is 12.2. The number of carbonyl (C=O) groups excluding carboxylic acids is 1. The molecule has 6 nitrogen and oxygen atoms in total. The largest absolute Gasteiger partial charge is 0.508 e. The standard InChI is InChI=1S/C13H8BrClN2O4/c14-10-3-1-7(15)5-9(10)13(19)16-11-4-2-8(18)6-12(11)17(20)21/h1-6,18H,(H,16,19). The third kappa shape index (κ3) is 3.50. The number of halogens is 2. The monoisotopic (exact) mass is 370 g/mol. The molecule has 0 unspecified atom stereocenters. The maximum Gasteiger partial charge on any atom is 0.296 e. The molecule has 0 saturated heterocycles.